The van der Waals surface area contributed by atoms with Crippen LogP contribution in [0.1, 0.15) is 0 Å². The van der Waals surface area contributed by atoms with Gasteiger partial charge in [-0.3, -0.25) is 0 Å². The molecule has 4 aromatic rings. The van der Waals surface area contributed by atoms with Gasteiger partial charge in [0.1, 0.15) is 0 Å². The van der Waals surface area contributed by atoms with Crippen LogP contribution in [0, 0.1) is 0 Å². The predicted octanol–water partition coefficient (Wildman–Crippen LogP) is 4.90. The summed E-state index contributed by atoms with van der Waals surface area (Å²) in [7, 11) is 0. The first-order valence-corrected chi connectivity index (χ1v) is 9.60. The normalized spacial score (nSPS) is 11.3. The van der Waals surface area contributed by atoms with Crippen LogP contribution in [-0.4, -0.2) is 14.1 Å². The minimum absolute atomic E-state index is 0.384. The summed E-state index contributed by atoms with van der Waals surface area (Å²) in [4.78, 5) is 9.82. The lowest BCUT2D eigenvalue weighted by Gasteiger charge is -2.05. The van der Waals surface area contributed by atoms with Crippen molar-refractivity contribution in [3.8, 4) is 17.1 Å². The van der Waals surface area contributed by atoms with Crippen molar-refractivity contribution in [1.82, 2.24) is 8.94 Å². The van der Waals surface area contributed by atoms with E-state index in [4.69, 9.17) is 17.2 Å². The van der Waals surface area contributed by atoms with Crippen LogP contribution in [0.5, 0.6) is 0 Å². The van der Waals surface area contributed by atoms with Gasteiger partial charge in [-0.15, -0.1) is 0 Å². The second-order valence-electron chi connectivity index (χ2n) is 5.71. The SMILES string of the molecule is S=C(/N=c1\nc(-c2ccccc2)n(-c2ccccc2)s1)Nc1ccccc1. The number of hydrogen-bond acceptors (Lipinski definition) is 3. The Morgan fingerprint density at radius 3 is 2.11 bits per heavy atom. The van der Waals surface area contributed by atoms with Crippen molar-refractivity contribution in [3.05, 3.63) is 95.8 Å². The fraction of sp³-hybridized carbons (Fsp3) is 0. The topological polar surface area (TPSA) is 42.2 Å². The lowest BCUT2D eigenvalue weighted by Crippen LogP contribution is -2.11. The number of anilines is 1. The van der Waals surface area contributed by atoms with Gasteiger partial charge in [-0.05, 0) is 48.0 Å². The summed E-state index contributed by atoms with van der Waals surface area (Å²) in [5.41, 5.74) is 2.97. The smallest absolute Gasteiger partial charge is 0.230 e. The van der Waals surface area contributed by atoms with Crippen LogP contribution in [0.4, 0.5) is 5.69 Å². The third kappa shape index (κ3) is 4.19. The van der Waals surface area contributed by atoms with Crippen LogP contribution < -0.4 is 10.1 Å². The Labute approximate surface area is 166 Å². The largest absolute Gasteiger partial charge is 0.331 e. The van der Waals surface area contributed by atoms with Gasteiger partial charge in [0.25, 0.3) is 0 Å². The molecule has 0 radical (unpaired) electrons. The van der Waals surface area contributed by atoms with Crippen LogP contribution in [0.15, 0.2) is 96.0 Å². The zero-order valence-corrected chi connectivity index (χ0v) is 16.0. The summed E-state index contributed by atoms with van der Waals surface area (Å²) in [6, 6.07) is 29.9. The summed E-state index contributed by atoms with van der Waals surface area (Å²) >= 11 is 6.84. The van der Waals surface area contributed by atoms with Crippen molar-refractivity contribution >= 4 is 34.6 Å². The molecule has 0 atom stereocenters. The monoisotopic (exact) mass is 388 g/mol. The molecular formula is C21H16N4S2. The van der Waals surface area contributed by atoms with E-state index in [0.29, 0.717) is 9.91 Å². The standard InChI is InChI=1S/C21H16N4S2/c26-20(22-17-12-6-2-7-13-17)24-21-23-19(16-10-4-1-5-11-16)25(27-21)18-14-8-3-9-15-18/h1-15H,(H,22,26)/b24-21+. The number of nitrogens with one attached hydrogen (secondary N) is 1. The molecule has 27 heavy (non-hydrogen) atoms. The molecule has 0 aliphatic carbocycles. The molecule has 3 aromatic carbocycles. The van der Waals surface area contributed by atoms with Crippen LogP contribution in [0.2, 0.25) is 0 Å². The quantitative estimate of drug-likeness (QED) is 0.508. The molecule has 0 saturated heterocycles. The minimum Gasteiger partial charge on any atom is -0.331 e. The predicted molar refractivity (Wildman–Crippen MR) is 115 cm³/mol. The highest BCUT2D eigenvalue weighted by atomic mass is 32.1. The van der Waals surface area contributed by atoms with Crippen LogP contribution >= 0.6 is 23.8 Å². The molecule has 1 N–H and O–H groups in total. The summed E-state index contributed by atoms with van der Waals surface area (Å²) in [6.07, 6.45) is 0. The molecule has 1 aromatic heterocycles. The zero-order chi connectivity index (χ0) is 18.5. The highest BCUT2D eigenvalue weighted by Gasteiger charge is 2.10. The Hall–Kier alpha value is -3.09. The summed E-state index contributed by atoms with van der Waals surface area (Å²) < 4.78 is 2.07. The highest BCUT2D eigenvalue weighted by molar-refractivity contribution is 7.80. The van der Waals surface area contributed by atoms with Crippen molar-refractivity contribution < 1.29 is 0 Å². The Morgan fingerprint density at radius 1 is 0.852 bits per heavy atom. The zero-order valence-electron chi connectivity index (χ0n) is 14.3. The number of thiocarbonyl (C=S) groups is 1. The number of hydrogen-bond donors (Lipinski definition) is 1. The van der Waals surface area contributed by atoms with Crippen LogP contribution in [0.3, 0.4) is 0 Å². The lowest BCUT2D eigenvalue weighted by atomic mass is 10.2. The van der Waals surface area contributed by atoms with Crippen molar-refractivity contribution in [2.75, 3.05) is 5.32 Å². The van der Waals surface area contributed by atoms with Gasteiger partial charge in [-0.2, -0.15) is 9.98 Å². The van der Waals surface area contributed by atoms with E-state index in [1.165, 1.54) is 11.5 Å². The van der Waals surface area contributed by atoms with E-state index < -0.39 is 0 Å². The van der Waals surface area contributed by atoms with E-state index in [1.54, 1.807) is 0 Å². The van der Waals surface area contributed by atoms with Crippen molar-refractivity contribution in [2.24, 2.45) is 4.99 Å². The third-order valence-corrected chi connectivity index (χ3v) is 4.92. The van der Waals surface area contributed by atoms with Gasteiger partial charge < -0.3 is 5.32 Å². The average molecular weight is 389 g/mol. The lowest BCUT2D eigenvalue weighted by molar-refractivity contribution is 1.13. The van der Waals surface area contributed by atoms with Gasteiger partial charge in [-0.1, -0.05) is 66.7 Å². The van der Waals surface area contributed by atoms with Gasteiger partial charge in [0, 0.05) is 11.3 Å². The van der Waals surface area contributed by atoms with Gasteiger partial charge in [-0.25, -0.2) is 3.96 Å². The Morgan fingerprint density at radius 2 is 1.44 bits per heavy atom. The first kappa shape index (κ1) is 17.3. The summed E-state index contributed by atoms with van der Waals surface area (Å²) in [6.45, 7) is 0. The first-order chi connectivity index (χ1) is 13.3. The first-order valence-electron chi connectivity index (χ1n) is 8.41. The van der Waals surface area contributed by atoms with E-state index in [1.807, 2.05) is 78.9 Å². The molecule has 0 fully saturated rings. The average Bonchev–Trinajstić information content (AvgIpc) is 3.14. The highest BCUT2D eigenvalue weighted by Crippen LogP contribution is 2.21. The molecular weight excluding hydrogens is 372 g/mol. The Bertz CT molecular complexity index is 1040. The maximum absolute atomic E-state index is 5.38. The number of rotatable bonds is 3. The summed E-state index contributed by atoms with van der Waals surface area (Å²) in [5.74, 6) is 0.841. The second-order valence-corrected chi connectivity index (χ2v) is 7.01. The van der Waals surface area contributed by atoms with Crippen LogP contribution in [-0.2, 0) is 0 Å². The molecule has 0 aliphatic heterocycles. The van der Waals surface area contributed by atoms with E-state index in [-0.39, 0.29) is 0 Å². The van der Waals surface area contributed by atoms with E-state index >= 15 is 0 Å². The number of benzene rings is 3. The van der Waals surface area contributed by atoms with Crippen LogP contribution in [0.25, 0.3) is 17.1 Å². The van der Waals surface area contributed by atoms with Crippen molar-refractivity contribution in [2.45, 2.75) is 0 Å². The molecule has 6 heteroatoms. The van der Waals surface area contributed by atoms with Crippen molar-refractivity contribution in [3.63, 3.8) is 0 Å². The molecule has 0 spiro atoms. The molecule has 0 aliphatic rings. The van der Waals surface area contributed by atoms with E-state index in [0.717, 1.165) is 22.8 Å². The molecule has 0 unspecified atom stereocenters. The maximum Gasteiger partial charge on any atom is 0.230 e. The van der Waals surface area contributed by atoms with Crippen molar-refractivity contribution in [1.29, 1.82) is 0 Å². The molecule has 0 bridgehead atoms. The third-order valence-electron chi connectivity index (χ3n) is 3.81. The fourth-order valence-corrected chi connectivity index (χ4v) is 3.74. The molecule has 1 heterocycles. The minimum atomic E-state index is 0.384. The number of para-hydroxylation sites is 2. The molecule has 4 rings (SSSR count). The molecule has 4 nitrogen and oxygen atoms in total. The second kappa shape index (κ2) is 8.07. The molecule has 132 valence electrons. The van der Waals surface area contributed by atoms with Gasteiger partial charge in [0.2, 0.25) is 4.80 Å². The maximum atomic E-state index is 5.38. The summed E-state index contributed by atoms with van der Waals surface area (Å²) in [5, 5.41) is 3.50. The Kier molecular flexibility index (Phi) is 5.18. The van der Waals surface area contributed by atoms with Gasteiger partial charge >= 0.3 is 0 Å². The molecule has 0 saturated carbocycles. The number of nitrogens with zero attached hydrogens (tertiary/aromatic N) is 3. The number of aromatic nitrogens is 2. The fourth-order valence-electron chi connectivity index (χ4n) is 2.59. The molecule has 0 amide bonds. The van der Waals surface area contributed by atoms with E-state index in [9.17, 15) is 0 Å². The van der Waals surface area contributed by atoms with E-state index in [2.05, 4.69) is 26.4 Å². The van der Waals surface area contributed by atoms with Gasteiger partial charge in [0.05, 0.1) is 5.69 Å². The van der Waals surface area contributed by atoms with Gasteiger partial charge in [0.15, 0.2) is 10.9 Å². The Balaban J connectivity index is 1.74.